The molecule has 0 radical (unpaired) electrons. The first-order chi connectivity index (χ1) is 17.4. The first-order valence-corrected chi connectivity index (χ1v) is 12.6. The third kappa shape index (κ3) is 4.79. The van der Waals surface area contributed by atoms with Gasteiger partial charge in [-0.3, -0.25) is 4.79 Å². The Morgan fingerprint density at radius 3 is 2.64 bits per heavy atom. The van der Waals surface area contributed by atoms with Gasteiger partial charge >= 0.3 is 6.03 Å². The van der Waals surface area contributed by atoms with E-state index in [0.717, 1.165) is 21.5 Å². The molecule has 1 fully saturated rings. The molecule has 3 amide bonds. The molecule has 0 spiro atoms. The third-order valence-corrected chi connectivity index (χ3v) is 7.42. The topological polar surface area (TPSA) is 66.8 Å². The average Bonchev–Trinajstić information content (AvgIpc) is 3.46. The number of amides is 3. The van der Waals surface area contributed by atoms with Gasteiger partial charge in [-0.1, -0.05) is 12.1 Å². The van der Waals surface area contributed by atoms with Crippen LogP contribution in [0, 0.1) is 5.82 Å². The molecule has 7 nitrogen and oxygen atoms in total. The number of thiophene rings is 1. The van der Waals surface area contributed by atoms with Crippen molar-refractivity contribution in [2.75, 3.05) is 32.1 Å². The summed E-state index contributed by atoms with van der Waals surface area (Å²) < 4.78 is 20.9. The van der Waals surface area contributed by atoms with Crippen molar-refractivity contribution < 1.29 is 18.7 Å². The molecule has 0 bridgehead atoms. The van der Waals surface area contributed by atoms with Gasteiger partial charge in [0.15, 0.2) is 0 Å². The van der Waals surface area contributed by atoms with Crippen LogP contribution in [-0.2, 0) is 6.54 Å². The van der Waals surface area contributed by atoms with Gasteiger partial charge < -0.3 is 24.4 Å². The van der Waals surface area contributed by atoms with E-state index in [2.05, 4.69) is 5.32 Å². The van der Waals surface area contributed by atoms with Gasteiger partial charge in [0.2, 0.25) is 0 Å². The molecule has 3 heterocycles. The maximum atomic E-state index is 13.8. The number of hydrogen-bond donors (Lipinski definition) is 1. The molecule has 1 N–H and O–H groups in total. The van der Waals surface area contributed by atoms with Gasteiger partial charge in [0, 0.05) is 43.3 Å². The highest BCUT2D eigenvalue weighted by Crippen LogP contribution is 2.28. The summed E-state index contributed by atoms with van der Waals surface area (Å²) in [5, 5.41) is 5.90. The van der Waals surface area contributed by atoms with Crippen molar-refractivity contribution in [1.29, 1.82) is 0 Å². The second-order valence-electron chi connectivity index (χ2n) is 8.88. The Morgan fingerprint density at radius 2 is 1.92 bits per heavy atom. The lowest BCUT2D eigenvalue weighted by Gasteiger charge is -2.39. The molecular weight excluding hydrogens is 479 g/mol. The van der Waals surface area contributed by atoms with Crippen molar-refractivity contribution in [3.8, 4) is 5.75 Å². The predicted octanol–water partition coefficient (Wildman–Crippen LogP) is 5.28. The molecule has 186 valence electrons. The number of aromatic nitrogens is 1. The number of anilines is 1. The SMILES string of the molecule is COc1ccc(NC(=O)N2CCN(C(=O)c3cc4ccsc4n3Cc3cccc(F)c3)CC2C)cc1. The van der Waals surface area contributed by atoms with Crippen LogP contribution in [0.4, 0.5) is 14.9 Å². The molecule has 1 saturated heterocycles. The Hall–Kier alpha value is -3.85. The van der Waals surface area contributed by atoms with E-state index in [9.17, 15) is 14.0 Å². The Balaban J connectivity index is 1.30. The van der Waals surface area contributed by atoms with Gasteiger partial charge in [0.1, 0.15) is 22.1 Å². The second-order valence-corrected chi connectivity index (χ2v) is 9.77. The van der Waals surface area contributed by atoms with Crippen molar-refractivity contribution in [1.82, 2.24) is 14.4 Å². The summed E-state index contributed by atoms with van der Waals surface area (Å²) in [6.07, 6.45) is 0. The molecule has 4 aromatic rings. The number of piperazine rings is 1. The van der Waals surface area contributed by atoms with Gasteiger partial charge in [-0.15, -0.1) is 11.3 Å². The number of rotatable bonds is 5. The van der Waals surface area contributed by atoms with E-state index < -0.39 is 0 Å². The zero-order valence-corrected chi connectivity index (χ0v) is 20.9. The van der Waals surface area contributed by atoms with Gasteiger partial charge in [0.05, 0.1) is 7.11 Å². The zero-order chi connectivity index (χ0) is 25.2. The fraction of sp³-hybridized carbons (Fsp3) is 0.259. The predicted molar refractivity (Wildman–Crippen MR) is 139 cm³/mol. The van der Waals surface area contributed by atoms with Crippen LogP contribution < -0.4 is 10.1 Å². The molecule has 1 aliphatic heterocycles. The number of urea groups is 1. The summed E-state index contributed by atoms with van der Waals surface area (Å²) in [4.78, 5) is 31.0. The molecular formula is C27H27FN4O3S. The highest BCUT2D eigenvalue weighted by atomic mass is 32.1. The Kier molecular flexibility index (Phi) is 6.65. The maximum Gasteiger partial charge on any atom is 0.322 e. The molecule has 2 aromatic heterocycles. The first-order valence-electron chi connectivity index (χ1n) is 11.7. The molecule has 0 aliphatic carbocycles. The number of hydrogen-bond acceptors (Lipinski definition) is 4. The van der Waals surface area contributed by atoms with E-state index >= 15 is 0 Å². The normalized spacial score (nSPS) is 15.8. The summed E-state index contributed by atoms with van der Waals surface area (Å²) in [5.41, 5.74) is 2.05. The fourth-order valence-corrected chi connectivity index (χ4v) is 5.50. The van der Waals surface area contributed by atoms with Gasteiger partial charge in [0.25, 0.3) is 5.91 Å². The number of ether oxygens (including phenoxy) is 1. The fourth-order valence-electron chi connectivity index (χ4n) is 4.60. The zero-order valence-electron chi connectivity index (χ0n) is 20.1. The maximum absolute atomic E-state index is 13.8. The van der Waals surface area contributed by atoms with E-state index in [1.807, 2.05) is 35.1 Å². The van der Waals surface area contributed by atoms with Crippen LogP contribution >= 0.6 is 11.3 Å². The molecule has 1 atom stereocenters. The van der Waals surface area contributed by atoms with Crippen molar-refractivity contribution in [2.24, 2.45) is 0 Å². The summed E-state index contributed by atoms with van der Waals surface area (Å²) in [7, 11) is 1.59. The van der Waals surface area contributed by atoms with Crippen LogP contribution in [-0.4, -0.2) is 59.1 Å². The summed E-state index contributed by atoms with van der Waals surface area (Å²) in [6, 6.07) is 17.1. The van der Waals surface area contributed by atoms with Crippen LogP contribution in [0.3, 0.4) is 0 Å². The minimum absolute atomic E-state index is 0.0862. The monoisotopic (exact) mass is 506 g/mol. The van der Waals surface area contributed by atoms with Crippen LogP contribution in [0.25, 0.3) is 10.2 Å². The minimum atomic E-state index is -0.298. The van der Waals surface area contributed by atoms with Crippen LogP contribution in [0.2, 0.25) is 0 Å². The molecule has 5 rings (SSSR count). The summed E-state index contributed by atoms with van der Waals surface area (Å²) >= 11 is 1.56. The third-order valence-electron chi connectivity index (χ3n) is 6.47. The quantitative estimate of drug-likeness (QED) is 0.401. The van der Waals surface area contributed by atoms with Crippen LogP contribution in [0.5, 0.6) is 5.75 Å². The number of nitrogens with one attached hydrogen (secondary N) is 1. The summed E-state index contributed by atoms with van der Waals surface area (Å²) in [6.45, 7) is 3.62. The first kappa shape index (κ1) is 23.9. The molecule has 1 unspecified atom stereocenters. The van der Waals surface area contributed by atoms with Crippen LogP contribution in [0.15, 0.2) is 66.0 Å². The van der Waals surface area contributed by atoms with Crippen molar-refractivity contribution >= 4 is 39.2 Å². The molecule has 0 saturated carbocycles. The lowest BCUT2D eigenvalue weighted by molar-refractivity contribution is 0.0583. The summed E-state index contributed by atoms with van der Waals surface area (Å²) in [5.74, 6) is 0.334. The number of methoxy groups -OCH3 is 1. The molecule has 1 aliphatic rings. The largest absolute Gasteiger partial charge is 0.497 e. The highest BCUT2D eigenvalue weighted by molar-refractivity contribution is 7.16. The lowest BCUT2D eigenvalue weighted by atomic mass is 10.1. The highest BCUT2D eigenvalue weighted by Gasteiger charge is 2.32. The van der Waals surface area contributed by atoms with E-state index in [1.165, 1.54) is 12.1 Å². The molecule has 2 aromatic carbocycles. The number of halogens is 1. The lowest BCUT2D eigenvalue weighted by Crippen LogP contribution is -2.56. The van der Waals surface area contributed by atoms with Crippen molar-refractivity contribution in [2.45, 2.75) is 19.5 Å². The van der Waals surface area contributed by atoms with Gasteiger partial charge in [-0.25, -0.2) is 9.18 Å². The second kappa shape index (κ2) is 10.0. The standard InChI is InChI=1S/C27H27FN4O3S/c1-18-16-30(11-12-31(18)27(34)29-22-6-8-23(35-2)9-7-22)25(33)24-15-20-10-13-36-26(20)32(24)17-19-4-3-5-21(28)14-19/h3-10,13-15,18H,11-12,16-17H2,1-2H3,(H,29,34). The number of benzene rings is 2. The Bertz CT molecular complexity index is 1400. The van der Waals surface area contributed by atoms with E-state index in [-0.39, 0.29) is 23.8 Å². The van der Waals surface area contributed by atoms with Crippen molar-refractivity contribution in [3.63, 3.8) is 0 Å². The van der Waals surface area contributed by atoms with Gasteiger partial charge in [-0.2, -0.15) is 0 Å². The average molecular weight is 507 g/mol. The molecule has 9 heteroatoms. The number of nitrogens with zero attached hydrogens (tertiary/aromatic N) is 3. The van der Waals surface area contributed by atoms with Crippen molar-refractivity contribution in [3.05, 3.63) is 83.1 Å². The van der Waals surface area contributed by atoms with E-state index in [1.54, 1.807) is 58.6 Å². The molecule has 36 heavy (non-hydrogen) atoms. The van der Waals surface area contributed by atoms with E-state index in [0.29, 0.717) is 37.6 Å². The Morgan fingerprint density at radius 1 is 1.11 bits per heavy atom. The van der Waals surface area contributed by atoms with Crippen LogP contribution in [0.1, 0.15) is 23.0 Å². The Labute approximate surface area is 212 Å². The number of carbonyl (C=O) groups is 2. The number of carbonyl (C=O) groups excluding carboxylic acids is 2. The minimum Gasteiger partial charge on any atom is -0.497 e. The number of fused-ring (bicyclic) bond motifs is 1. The smallest absolute Gasteiger partial charge is 0.322 e. The van der Waals surface area contributed by atoms with E-state index in [4.69, 9.17) is 4.74 Å². The van der Waals surface area contributed by atoms with Gasteiger partial charge in [-0.05, 0) is 66.4 Å².